The van der Waals surface area contributed by atoms with Gasteiger partial charge in [-0.25, -0.2) is 4.68 Å². The molecule has 0 bridgehead atoms. The molecular weight excluding hydrogens is 254 g/mol. The molecule has 1 aromatic heterocycles. The van der Waals surface area contributed by atoms with Crippen molar-refractivity contribution < 1.29 is 4.74 Å². The second-order valence-electron chi connectivity index (χ2n) is 5.83. The number of hydrogen-bond donors (Lipinski definition) is 1. The summed E-state index contributed by atoms with van der Waals surface area (Å²) in [4.78, 5) is 0. The predicted molar refractivity (Wildman–Crippen MR) is 75.9 cm³/mol. The highest BCUT2D eigenvalue weighted by Crippen LogP contribution is 2.51. The van der Waals surface area contributed by atoms with Crippen molar-refractivity contribution in [1.29, 1.82) is 0 Å². The van der Waals surface area contributed by atoms with Crippen molar-refractivity contribution in [2.24, 2.45) is 5.41 Å². The van der Waals surface area contributed by atoms with E-state index in [0.29, 0.717) is 5.69 Å². The Kier molecular flexibility index (Phi) is 2.97. The lowest BCUT2D eigenvalue weighted by Crippen LogP contribution is -2.51. The number of nitrogen functional groups attached to an aromatic ring is 1. The SMILES string of the molecule is COC1CC(n2nnnc2-c2ccccc2N)C1(C)C. The summed E-state index contributed by atoms with van der Waals surface area (Å²) in [6.07, 6.45) is 1.14. The van der Waals surface area contributed by atoms with Crippen LogP contribution in [0.2, 0.25) is 0 Å². The highest BCUT2D eigenvalue weighted by molar-refractivity contribution is 5.71. The Hall–Kier alpha value is -1.95. The van der Waals surface area contributed by atoms with Crippen molar-refractivity contribution in [2.45, 2.75) is 32.4 Å². The molecule has 1 aliphatic carbocycles. The molecule has 0 amide bonds. The standard InChI is InChI=1S/C14H19N5O/c1-14(2)11(8-12(14)20-3)19-13(16-17-18-19)9-6-4-5-7-10(9)15/h4-7,11-12H,8,15H2,1-3H3. The van der Waals surface area contributed by atoms with Crippen LogP contribution in [0, 0.1) is 5.41 Å². The first-order chi connectivity index (χ1) is 9.55. The van der Waals surface area contributed by atoms with Crippen LogP contribution in [-0.4, -0.2) is 33.4 Å². The van der Waals surface area contributed by atoms with Gasteiger partial charge in [0.2, 0.25) is 0 Å². The van der Waals surface area contributed by atoms with Gasteiger partial charge in [0.15, 0.2) is 5.82 Å². The van der Waals surface area contributed by atoms with Gasteiger partial charge in [0.05, 0.1) is 12.1 Å². The van der Waals surface area contributed by atoms with E-state index in [1.54, 1.807) is 7.11 Å². The van der Waals surface area contributed by atoms with Crippen molar-refractivity contribution in [3.05, 3.63) is 24.3 Å². The van der Waals surface area contributed by atoms with E-state index in [9.17, 15) is 0 Å². The molecule has 3 rings (SSSR count). The van der Waals surface area contributed by atoms with Crippen LogP contribution in [0.4, 0.5) is 5.69 Å². The highest BCUT2D eigenvalue weighted by atomic mass is 16.5. The zero-order valence-corrected chi connectivity index (χ0v) is 11.9. The molecule has 0 aliphatic heterocycles. The van der Waals surface area contributed by atoms with Crippen molar-refractivity contribution in [1.82, 2.24) is 20.2 Å². The van der Waals surface area contributed by atoms with Gasteiger partial charge >= 0.3 is 0 Å². The Balaban J connectivity index is 1.99. The number of anilines is 1. The van der Waals surface area contributed by atoms with Crippen molar-refractivity contribution >= 4 is 5.69 Å². The second-order valence-corrected chi connectivity index (χ2v) is 5.83. The fourth-order valence-electron chi connectivity index (χ4n) is 2.96. The molecule has 6 nitrogen and oxygen atoms in total. The summed E-state index contributed by atoms with van der Waals surface area (Å²) in [5, 5.41) is 12.1. The maximum atomic E-state index is 6.03. The first-order valence-electron chi connectivity index (χ1n) is 6.71. The Morgan fingerprint density at radius 1 is 1.35 bits per heavy atom. The smallest absolute Gasteiger partial charge is 0.184 e. The monoisotopic (exact) mass is 273 g/mol. The lowest BCUT2D eigenvalue weighted by Gasteiger charge is -2.50. The first-order valence-corrected chi connectivity index (χ1v) is 6.71. The summed E-state index contributed by atoms with van der Waals surface area (Å²) in [6, 6.07) is 7.86. The third kappa shape index (κ3) is 1.79. The average molecular weight is 273 g/mol. The van der Waals surface area contributed by atoms with E-state index >= 15 is 0 Å². The Morgan fingerprint density at radius 2 is 2.10 bits per heavy atom. The molecule has 1 aliphatic rings. The number of ether oxygens (including phenoxy) is 1. The van der Waals surface area contributed by atoms with Crippen molar-refractivity contribution in [3.63, 3.8) is 0 Å². The fraction of sp³-hybridized carbons (Fsp3) is 0.500. The molecule has 2 unspecified atom stereocenters. The van der Waals surface area contributed by atoms with E-state index in [1.807, 2.05) is 28.9 Å². The number of tetrazole rings is 1. The van der Waals surface area contributed by atoms with Gasteiger partial charge in [0, 0.05) is 23.8 Å². The van der Waals surface area contributed by atoms with Gasteiger partial charge < -0.3 is 10.5 Å². The molecule has 1 fully saturated rings. The number of hydrogen-bond acceptors (Lipinski definition) is 5. The minimum absolute atomic E-state index is 0.00240. The molecule has 1 aromatic carbocycles. The number of para-hydroxylation sites is 1. The summed E-state index contributed by atoms with van der Waals surface area (Å²) < 4.78 is 7.37. The van der Waals surface area contributed by atoms with Crippen molar-refractivity contribution in [3.8, 4) is 11.4 Å². The summed E-state index contributed by atoms with van der Waals surface area (Å²) in [5.41, 5.74) is 7.58. The quantitative estimate of drug-likeness (QED) is 0.864. The lowest BCUT2D eigenvalue weighted by atomic mass is 9.64. The molecule has 20 heavy (non-hydrogen) atoms. The summed E-state index contributed by atoms with van der Waals surface area (Å²) in [5.74, 6) is 0.718. The lowest BCUT2D eigenvalue weighted by molar-refractivity contribution is -0.116. The van der Waals surface area contributed by atoms with E-state index < -0.39 is 0 Å². The summed E-state index contributed by atoms with van der Waals surface area (Å²) >= 11 is 0. The summed E-state index contributed by atoms with van der Waals surface area (Å²) in [6.45, 7) is 4.35. The molecule has 0 radical (unpaired) electrons. The van der Waals surface area contributed by atoms with Gasteiger partial charge in [0.25, 0.3) is 0 Å². The molecule has 0 spiro atoms. The van der Waals surface area contributed by atoms with Crippen LogP contribution >= 0.6 is 0 Å². The van der Waals surface area contributed by atoms with Gasteiger partial charge in [0.1, 0.15) is 0 Å². The first kappa shape index (κ1) is 13.1. The maximum absolute atomic E-state index is 6.03. The van der Waals surface area contributed by atoms with Gasteiger partial charge in [-0.2, -0.15) is 0 Å². The number of aromatic nitrogens is 4. The van der Waals surface area contributed by atoms with Crippen LogP contribution in [0.5, 0.6) is 0 Å². The topological polar surface area (TPSA) is 78.8 Å². The van der Waals surface area contributed by atoms with E-state index in [4.69, 9.17) is 10.5 Å². The highest BCUT2D eigenvalue weighted by Gasteiger charge is 2.51. The summed E-state index contributed by atoms with van der Waals surface area (Å²) in [7, 11) is 1.75. The number of nitrogens with two attached hydrogens (primary N) is 1. The third-order valence-corrected chi connectivity index (χ3v) is 4.40. The number of methoxy groups -OCH3 is 1. The zero-order valence-electron chi connectivity index (χ0n) is 11.9. The normalized spacial score (nSPS) is 24.4. The van der Waals surface area contributed by atoms with Crippen LogP contribution in [-0.2, 0) is 4.74 Å². The van der Waals surface area contributed by atoms with Crippen LogP contribution in [0.15, 0.2) is 24.3 Å². The molecule has 2 aromatic rings. The van der Waals surface area contributed by atoms with E-state index in [1.165, 1.54) is 0 Å². The van der Waals surface area contributed by atoms with E-state index in [-0.39, 0.29) is 17.6 Å². The molecule has 0 saturated heterocycles. The van der Waals surface area contributed by atoms with Crippen LogP contribution < -0.4 is 5.73 Å². The minimum Gasteiger partial charge on any atom is -0.398 e. The van der Waals surface area contributed by atoms with E-state index in [0.717, 1.165) is 17.8 Å². The van der Waals surface area contributed by atoms with Gasteiger partial charge in [-0.15, -0.1) is 5.10 Å². The molecule has 1 heterocycles. The van der Waals surface area contributed by atoms with Gasteiger partial charge in [-0.3, -0.25) is 0 Å². The van der Waals surface area contributed by atoms with Crippen LogP contribution in [0.25, 0.3) is 11.4 Å². The Bertz CT molecular complexity index is 622. The largest absolute Gasteiger partial charge is 0.398 e. The maximum Gasteiger partial charge on any atom is 0.184 e. The van der Waals surface area contributed by atoms with Crippen LogP contribution in [0.1, 0.15) is 26.3 Å². The Morgan fingerprint density at radius 3 is 2.75 bits per heavy atom. The number of benzene rings is 1. The van der Waals surface area contributed by atoms with Crippen LogP contribution in [0.3, 0.4) is 0 Å². The molecular formula is C14H19N5O. The average Bonchev–Trinajstić information content (AvgIpc) is 2.87. The molecule has 6 heteroatoms. The second kappa shape index (κ2) is 4.56. The van der Waals surface area contributed by atoms with Gasteiger partial charge in [-0.1, -0.05) is 26.0 Å². The van der Waals surface area contributed by atoms with Crippen molar-refractivity contribution in [2.75, 3.05) is 12.8 Å². The number of rotatable bonds is 3. The molecule has 1 saturated carbocycles. The molecule has 2 atom stereocenters. The minimum atomic E-state index is 0.00240. The number of nitrogens with zero attached hydrogens (tertiary/aromatic N) is 4. The third-order valence-electron chi connectivity index (χ3n) is 4.40. The van der Waals surface area contributed by atoms with Gasteiger partial charge in [-0.05, 0) is 29.0 Å². The zero-order chi connectivity index (χ0) is 14.3. The Labute approximate surface area is 117 Å². The molecule has 106 valence electrons. The predicted octanol–water partition coefficient (Wildman–Crippen LogP) is 1.91. The van der Waals surface area contributed by atoms with E-state index in [2.05, 4.69) is 29.4 Å². The fourth-order valence-corrected chi connectivity index (χ4v) is 2.96. The molecule has 2 N–H and O–H groups in total.